The zero-order valence-corrected chi connectivity index (χ0v) is 17.7. The van der Waals surface area contributed by atoms with E-state index in [4.69, 9.17) is 0 Å². The van der Waals surface area contributed by atoms with Crippen LogP contribution in [0.15, 0.2) is 30.3 Å². The lowest BCUT2D eigenvalue weighted by Gasteiger charge is -2.60. The van der Waals surface area contributed by atoms with Crippen LogP contribution in [-0.4, -0.2) is 17.9 Å². The first-order valence-electron chi connectivity index (χ1n) is 11.6. The lowest BCUT2D eigenvalue weighted by Crippen LogP contribution is -2.64. The highest BCUT2D eigenvalue weighted by Crippen LogP contribution is 2.64. The fourth-order valence-electron chi connectivity index (χ4n) is 7.75. The highest BCUT2D eigenvalue weighted by atomic mass is 16.2. The van der Waals surface area contributed by atoms with E-state index in [1.165, 1.54) is 38.5 Å². The number of anilines is 1. The average Bonchev–Trinajstić information content (AvgIpc) is 3.10. The summed E-state index contributed by atoms with van der Waals surface area (Å²) in [5.74, 6) is 1.41. The van der Waals surface area contributed by atoms with E-state index >= 15 is 0 Å². The van der Waals surface area contributed by atoms with Gasteiger partial charge in [-0.15, -0.1) is 0 Å². The van der Waals surface area contributed by atoms with Crippen LogP contribution in [0.4, 0.5) is 5.69 Å². The second-order valence-corrected chi connectivity index (χ2v) is 10.7. The van der Waals surface area contributed by atoms with Gasteiger partial charge >= 0.3 is 0 Å². The maximum absolute atomic E-state index is 13.0. The second kappa shape index (κ2) is 6.85. The number of para-hydroxylation sites is 1. The molecule has 4 heteroatoms. The molecule has 1 aromatic rings. The van der Waals surface area contributed by atoms with Crippen molar-refractivity contribution >= 4 is 17.5 Å². The summed E-state index contributed by atoms with van der Waals surface area (Å²) in [5.41, 5.74) is 1.32. The van der Waals surface area contributed by atoms with E-state index in [2.05, 4.69) is 24.5 Å². The maximum atomic E-state index is 13.0. The predicted molar refractivity (Wildman–Crippen MR) is 114 cm³/mol. The average molecular weight is 395 g/mol. The normalized spacial score (nSPS) is 43.5. The molecule has 5 rings (SSSR count). The summed E-state index contributed by atoms with van der Waals surface area (Å²) in [7, 11) is 0. The fraction of sp³-hybridized carbons (Fsp3) is 0.680. The van der Waals surface area contributed by atoms with Crippen molar-refractivity contribution in [3.05, 3.63) is 30.3 Å². The van der Waals surface area contributed by atoms with Gasteiger partial charge in [-0.05, 0) is 85.7 Å². The van der Waals surface area contributed by atoms with Gasteiger partial charge in [-0.1, -0.05) is 38.5 Å². The van der Waals surface area contributed by atoms with Crippen LogP contribution < -0.4 is 10.6 Å². The number of fused-ring (bicyclic) bond motifs is 5. The van der Waals surface area contributed by atoms with E-state index < -0.39 is 5.92 Å². The van der Waals surface area contributed by atoms with Crippen LogP contribution in [0.3, 0.4) is 0 Å². The third kappa shape index (κ3) is 3.02. The number of carbonyl (C=O) groups is 2. The quantitative estimate of drug-likeness (QED) is 0.711. The van der Waals surface area contributed by atoms with E-state index in [1.807, 2.05) is 30.3 Å². The van der Waals surface area contributed by atoms with Crippen molar-refractivity contribution in [1.82, 2.24) is 5.32 Å². The van der Waals surface area contributed by atoms with Crippen LogP contribution in [0.25, 0.3) is 0 Å². The summed E-state index contributed by atoms with van der Waals surface area (Å²) in [5, 5.41) is 6.25. The first-order chi connectivity index (χ1) is 13.9. The molecule has 2 amide bonds. The molecule has 2 N–H and O–H groups in total. The van der Waals surface area contributed by atoms with E-state index in [-0.39, 0.29) is 23.3 Å². The number of nitrogens with one attached hydrogen (secondary N) is 2. The maximum Gasteiger partial charge on any atom is 0.236 e. The molecule has 4 nitrogen and oxygen atoms in total. The number of piperidine rings is 1. The zero-order valence-electron chi connectivity index (χ0n) is 17.7. The van der Waals surface area contributed by atoms with Gasteiger partial charge in [-0.2, -0.15) is 0 Å². The van der Waals surface area contributed by atoms with Gasteiger partial charge in [0.05, 0.1) is 0 Å². The molecule has 0 bridgehead atoms. The van der Waals surface area contributed by atoms with Gasteiger partial charge in [0.25, 0.3) is 0 Å². The Hall–Kier alpha value is -1.84. The minimum atomic E-state index is -0.591. The largest absolute Gasteiger partial charge is 0.352 e. The molecule has 4 aliphatic rings. The molecule has 3 aliphatic carbocycles. The van der Waals surface area contributed by atoms with Crippen LogP contribution >= 0.6 is 0 Å². The number of rotatable bonds is 2. The molecule has 1 saturated heterocycles. The molecule has 3 saturated carbocycles. The standard InChI is InChI=1S/C25H34N2O2/c1-24-13-6-9-19(24)17-10-11-21-25(2,20(17)12-14-24)15-18(23(29)27-21)22(28)26-16-7-4-3-5-8-16/h3-5,7-8,17-21H,6,9-15H2,1-2H3,(H,26,28)(H,27,29)/t17-,18?,19-,20+,21?,24-,25+/m0/s1. The van der Waals surface area contributed by atoms with Crippen LogP contribution in [-0.2, 0) is 9.59 Å². The van der Waals surface area contributed by atoms with Crippen molar-refractivity contribution in [3.63, 3.8) is 0 Å². The van der Waals surface area contributed by atoms with E-state index in [1.54, 1.807) is 0 Å². The molecule has 1 heterocycles. The highest BCUT2D eigenvalue weighted by Gasteiger charge is 2.59. The molecule has 7 atom stereocenters. The summed E-state index contributed by atoms with van der Waals surface area (Å²) in [4.78, 5) is 25.9. The summed E-state index contributed by atoms with van der Waals surface area (Å²) < 4.78 is 0. The third-order valence-electron chi connectivity index (χ3n) is 9.28. The number of benzene rings is 1. The Morgan fingerprint density at radius 3 is 2.62 bits per heavy atom. The van der Waals surface area contributed by atoms with Crippen molar-refractivity contribution < 1.29 is 9.59 Å². The van der Waals surface area contributed by atoms with Gasteiger partial charge in [0.2, 0.25) is 11.8 Å². The first-order valence-corrected chi connectivity index (χ1v) is 11.6. The monoisotopic (exact) mass is 394 g/mol. The summed E-state index contributed by atoms with van der Waals surface area (Å²) in [6, 6.07) is 9.71. The molecule has 2 unspecified atom stereocenters. The Balaban J connectivity index is 1.38. The van der Waals surface area contributed by atoms with Gasteiger partial charge in [-0.25, -0.2) is 0 Å². The van der Waals surface area contributed by atoms with Crippen molar-refractivity contribution in [1.29, 1.82) is 0 Å². The van der Waals surface area contributed by atoms with E-state index in [0.29, 0.717) is 17.8 Å². The van der Waals surface area contributed by atoms with Crippen LogP contribution in [0.5, 0.6) is 0 Å². The van der Waals surface area contributed by atoms with E-state index in [9.17, 15) is 9.59 Å². The van der Waals surface area contributed by atoms with Crippen molar-refractivity contribution in [3.8, 4) is 0 Å². The van der Waals surface area contributed by atoms with Gasteiger partial charge < -0.3 is 10.6 Å². The summed E-state index contributed by atoms with van der Waals surface area (Å²) in [6.07, 6.45) is 9.72. The zero-order chi connectivity index (χ0) is 20.2. The van der Waals surface area contributed by atoms with E-state index in [0.717, 1.165) is 23.9 Å². The molecular weight excluding hydrogens is 360 g/mol. The third-order valence-corrected chi connectivity index (χ3v) is 9.28. The van der Waals surface area contributed by atoms with Gasteiger partial charge in [0.15, 0.2) is 0 Å². The Morgan fingerprint density at radius 2 is 1.83 bits per heavy atom. The van der Waals surface area contributed by atoms with Crippen molar-refractivity contribution in [2.24, 2.45) is 34.5 Å². The Morgan fingerprint density at radius 1 is 1.03 bits per heavy atom. The van der Waals surface area contributed by atoms with Gasteiger partial charge in [-0.3, -0.25) is 9.59 Å². The fourth-order valence-corrected chi connectivity index (χ4v) is 7.75. The number of hydrogen-bond donors (Lipinski definition) is 2. The van der Waals surface area contributed by atoms with Crippen molar-refractivity contribution in [2.45, 2.75) is 71.3 Å². The molecule has 29 heavy (non-hydrogen) atoms. The van der Waals surface area contributed by atoms with Crippen LogP contribution in [0, 0.1) is 34.5 Å². The minimum Gasteiger partial charge on any atom is -0.352 e. The summed E-state index contributed by atoms with van der Waals surface area (Å²) >= 11 is 0. The second-order valence-electron chi connectivity index (χ2n) is 10.7. The molecular formula is C25H34N2O2. The molecule has 0 spiro atoms. The Bertz CT molecular complexity index is 808. The molecule has 1 aliphatic heterocycles. The summed E-state index contributed by atoms with van der Waals surface area (Å²) in [6.45, 7) is 4.89. The molecule has 0 aromatic heterocycles. The molecule has 1 aromatic carbocycles. The Labute approximate surface area is 174 Å². The Kier molecular flexibility index (Phi) is 4.52. The topological polar surface area (TPSA) is 58.2 Å². The SMILES string of the molecule is C[C@@]12CCC[C@H]1[C@@H]1CCC3NC(=O)C(C(=O)Nc4ccccc4)C[C@]3(C)[C@@H]1CC2. The van der Waals surface area contributed by atoms with Crippen LogP contribution in [0.1, 0.15) is 65.2 Å². The number of carbonyl (C=O) groups excluding carboxylic acids is 2. The first kappa shape index (κ1) is 19.1. The highest BCUT2D eigenvalue weighted by molar-refractivity contribution is 6.07. The number of hydrogen-bond acceptors (Lipinski definition) is 2. The minimum absolute atomic E-state index is 0.0272. The predicted octanol–water partition coefficient (Wildman–Crippen LogP) is 4.76. The molecule has 4 fully saturated rings. The number of amides is 2. The smallest absolute Gasteiger partial charge is 0.236 e. The lowest BCUT2D eigenvalue weighted by atomic mass is 9.47. The van der Waals surface area contributed by atoms with Gasteiger partial charge in [0.1, 0.15) is 5.92 Å². The van der Waals surface area contributed by atoms with Gasteiger partial charge in [0, 0.05) is 11.7 Å². The lowest BCUT2D eigenvalue weighted by molar-refractivity contribution is -0.148. The molecule has 0 radical (unpaired) electrons. The molecule has 156 valence electrons. The van der Waals surface area contributed by atoms with Crippen molar-refractivity contribution in [2.75, 3.05) is 5.32 Å². The van der Waals surface area contributed by atoms with Crippen LogP contribution in [0.2, 0.25) is 0 Å².